The number of hydrogen-bond donors (Lipinski definition) is 2. The molecule has 0 saturated carbocycles. The van der Waals surface area contributed by atoms with Crippen LogP contribution in [-0.2, 0) is 13.1 Å². The largest absolute Gasteiger partial charge is 0.390 e. The number of nitrogens with one attached hydrogen (secondary N) is 1. The van der Waals surface area contributed by atoms with Crippen LogP contribution in [-0.4, -0.2) is 35.2 Å². The van der Waals surface area contributed by atoms with Crippen molar-refractivity contribution in [2.75, 3.05) is 13.1 Å². The molecule has 0 amide bonds. The third-order valence-electron chi connectivity index (χ3n) is 3.49. The number of halogens is 2. The van der Waals surface area contributed by atoms with E-state index in [9.17, 15) is 5.11 Å². The summed E-state index contributed by atoms with van der Waals surface area (Å²) >= 11 is 0. The summed E-state index contributed by atoms with van der Waals surface area (Å²) in [6.07, 6.45) is -0.209. The number of β-amino-alcohol motifs (C(OH)–C–C–N with tert-alkyl or cyclic N) is 1. The second-order valence-electron chi connectivity index (χ2n) is 4.47. The van der Waals surface area contributed by atoms with E-state index in [-0.39, 0.29) is 37.0 Å². The number of hydrogen-bond acceptors (Lipinski definition) is 3. The molecule has 0 bridgehead atoms. The zero-order chi connectivity index (χ0) is 10.3. The lowest BCUT2D eigenvalue weighted by Crippen LogP contribution is -2.39. The minimum absolute atomic E-state index is 0. The molecule has 2 heterocycles. The average Bonchev–Trinajstić information content (AvgIpc) is 2.82. The van der Waals surface area contributed by atoms with Crippen LogP contribution in [0.3, 0.4) is 0 Å². The lowest BCUT2D eigenvalue weighted by molar-refractivity contribution is 0.0815. The Bertz CT molecular complexity index is 350. The van der Waals surface area contributed by atoms with Crippen molar-refractivity contribution in [1.29, 1.82) is 0 Å². The van der Waals surface area contributed by atoms with Crippen LogP contribution in [0, 0.1) is 0 Å². The molecule has 0 aliphatic carbocycles. The highest BCUT2D eigenvalue weighted by molar-refractivity contribution is 5.85. The monoisotopic (exact) mass is 276 g/mol. The van der Waals surface area contributed by atoms with Gasteiger partial charge in [-0.2, -0.15) is 0 Å². The summed E-state index contributed by atoms with van der Waals surface area (Å²) in [5.41, 5.74) is 2.83. The molecule has 2 N–H and O–H groups in total. The standard InChI is InChI=1S/C12H16N2O.2ClH/c15-12-6-13-5-11(12)14-7-9-3-1-2-4-10(9)8-14;;/h1-4,11-13,15H,5-8H2;2*1H/t11-,12-;;/m1../s1. The van der Waals surface area contributed by atoms with Gasteiger partial charge in [0.2, 0.25) is 0 Å². The van der Waals surface area contributed by atoms with E-state index in [2.05, 4.69) is 34.5 Å². The van der Waals surface area contributed by atoms with Crippen molar-refractivity contribution >= 4 is 24.8 Å². The summed E-state index contributed by atoms with van der Waals surface area (Å²) in [6.45, 7) is 3.62. The zero-order valence-corrected chi connectivity index (χ0v) is 11.1. The van der Waals surface area contributed by atoms with E-state index in [0.29, 0.717) is 0 Å². The van der Waals surface area contributed by atoms with Gasteiger partial charge in [0, 0.05) is 32.2 Å². The summed E-state index contributed by atoms with van der Waals surface area (Å²) < 4.78 is 0. The van der Waals surface area contributed by atoms with Gasteiger partial charge in [0.1, 0.15) is 0 Å². The third kappa shape index (κ3) is 2.75. The molecular formula is C12H18Cl2N2O. The summed E-state index contributed by atoms with van der Waals surface area (Å²) in [6, 6.07) is 8.84. The fraction of sp³-hybridized carbons (Fsp3) is 0.500. The van der Waals surface area contributed by atoms with Gasteiger partial charge in [-0.25, -0.2) is 0 Å². The molecule has 2 atom stereocenters. The van der Waals surface area contributed by atoms with Gasteiger partial charge in [0.25, 0.3) is 0 Å². The minimum atomic E-state index is -0.209. The summed E-state index contributed by atoms with van der Waals surface area (Å²) in [5, 5.41) is 13.1. The van der Waals surface area contributed by atoms with E-state index >= 15 is 0 Å². The number of aliphatic hydroxyl groups is 1. The number of aliphatic hydroxyl groups excluding tert-OH is 1. The Labute approximate surface area is 114 Å². The molecule has 0 aromatic heterocycles. The van der Waals surface area contributed by atoms with E-state index in [1.807, 2.05) is 0 Å². The van der Waals surface area contributed by atoms with Gasteiger partial charge in [-0.3, -0.25) is 4.90 Å². The normalized spacial score (nSPS) is 27.1. The molecule has 5 heteroatoms. The molecule has 2 aliphatic heterocycles. The number of nitrogens with zero attached hydrogens (tertiary/aromatic N) is 1. The lowest BCUT2D eigenvalue weighted by Gasteiger charge is -2.25. The summed E-state index contributed by atoms with van der Waals surface area (Å²) in [4.78, 5) is 2.37. The fourth-order valence-corrected chi connectivity index (χ4v) is 2.62. The van der Waals surface area contributed by atoms with Gasteiger partial charge < -0.3 is 10.4 Å². The number of benzene rings is 1. The first-order valence-corrected chi connectivity index (χ1v) is 5.54. The van der Waals surface area contributed by atoms with Gasteiger partial charge in [-0.15, -0.1) is 24.8 Å². The Kier molecular flexibility index (Phi) is 5.22. The van der Waals surface area contributed by atoms with E-state index < -0.39 is 0 Å². The first-order chi connectivity index (χ1) is 7.34. The van der Waals surface area contributed by atoms with Crippen LogP contribution in [0.4, 0.5) is 0 Å². The highest BCUT2D eigenvalue weighted by Crippen LogP contribution is 2.25. The van der Waals surface area contributed by atoms with Gasteiger partial charge >= 0.3 is 0 Å². The molecular weight excluding hydrogens is 259 g/mol. The molecule has 1 aromatic rings. The van der Waals surface area contributed by atoms with Gasteiger partial charge in [-0.05, 0) is 11.1 Å². The average molecular weight is 277 g/mol. The highest BCUT2D eigenvalue weighted by Gasteiger charge is 2.33. The minimum Gasteiger partial charge on any atom is -0.390 e. The molecule has 1 saturated heterocycles. The van der Waals surface area contributed by atoms with Crippen LogP contribution in [0.2, 0.25) is 0 Å². The fourth-order valence-electron chi connectivity index (χ4n) is 2.62. The van der Waals surface area contributed by atoms with Gasteiger partial charge in [0.05, 0.1) is 6.10 Å². The van der Waals surface area contributed by atoms with E-state index in [1.54, 1.807) is 0 Å². The summed E-state index contributed by atoms with van der Waals surface area (Å²) in [7, 11) is 0. The van der Waals surface area contributed by atoms with Crippen molar-refractivity contribution in [3.8, 4) is 0 Å². The van der Waals surface area contributed by atoms with Crippen molar-refractivity contribution < 1.29 is 5.11 Å². The predicted molar refractivity (Wildman–Crippen MR) is 72.8 cm³/mol. The molecule has 0 radical (unpaired) electrons. The van der Waals surface area contributed by atoms with Gasteiger partial charge in [-0.1, -0.05) is 24.3 Å². The maximum absolute atomic E-state index is 9.82. The molecule has 1 aromatic carbocycles. The van der Waals surface area contributed by atoms with Crippen molar-refractivity contribution in [3.63, 3.8) is 0 Å². The summed E-state index contributed by atoms with van der Waals surface area (Å²) in [5.74, 6) is 0. The number of rotatable bonds is 1. The van der Waals surface area contributed by atoms with Crippen LogP contribution in [0.15, 0.2) is 24.3 Å². The van der Waals surface area contributed by atoms with Crippen LogP contribution in [0.5, 0.6) is 0 Å². The van der Waals surface area contributed by atoms with Crippen LogP contribution >= 0.6 is 24.8 Å². The molecule has 0 unspecified atom stereocenters. The predicted octanol–water partition coefficient (Wildman–Crippen LogP) is 1.18. The van der Waals surface area contributed by atoms with Crippen molar-refractivity contribution in [1.82, 2.24) is 10.2 Å². The smallest absolute Gasteiger partial charge is 0.0832 e. The molecule has 0 spiro atoms. The Morgan fingerprint density at radius 2 is 1.65 bits per heavy atom. The Balaban J connectivity index is 0.000000722. The SMILES string of the molecule is Cl.Cl.O[C@@H]1CNC[C@H]1N1Cc2ccccc2C1. The second kappa shape index (κ2) is 6.03. The first kappa shape index (κ1) is 14.7. The molecule has 2 aliphatic rings. The lowest BCUT2D eigenvalue weighted by atomic mass is 10.1. The quantitative estimate of drug-likeness (QED) is 0.809. The highest BCUT2D eigenvalue weighted by atomic mass is 35.5. The van der Waals surface area contributed by atoms with Crippen LogP contribution in [0.25, 0.3) is 0 Å². The molecule has 3 rings (SSSR count). The van der Waals surface area contributed by atoms with E-state index in [4.69, 9.17) is 0 Å². The number of fused-ring (bicyclic) bond motifs is 1. The van der Waals surface area contributed by atoms with E-state index in [0.717, 1.165) is 26.2 Å². The maximum Gasteiger partial charge on any atom is 0.0832 e. The van der Waals surface area contributed by atoms with Gasteiger partial charge in [0.15, 0.2) is 0 Å². The Morgan fingerprint density at radius 1 is 1.06 bits per heavy atom. The van der Waals surface area contributed by atoms with Crippen LogP contribution < -0.4 is 5.32 Å². The van der Waals surface area contributed by atoms with Crippen molar-refractivity contribution in [3.05, 3.63) is 35.4 Å². The van der Waals surface area contributed by atoms with E-state index in [1.165, 1.54) is 11.1 Å². The molecule has 3 nitrogen and oxygen atoms in total. The van der Waals surface area contributed by atoms with Crippen LogP contribution in [0.1, 0.15) is 11.1 Å². The topological polar surface area (TPSA) is 35.5 Å². The third-order valence-corrected chi connectivity index (χ3v) is 3.49. The maximum atomic E-state index is 9.82. The molecule has 96 valence electrons. The molecule has 17 heavy (non-hydrogen) atoms. The van der Waals surface area contributed by atoms with Crippen molar-refractivity contribution in [2.45, 2.75) is 25.2 Å². The molecule has 1 fully saturated rings. The first-order valence-electron chi connectivity index (χ1n) is 5.54. The zero-order valence-electron chi connectivity index (χ0n) is 9.50. The van der Waals surface area contributed by atoms with Crippen molar-refractivity contribution in [2.24, 2.45) is 0 Å². The Morgan fingerprint density at radius 3 is 2.12 bits per heavy atom. The Hall–Kier alpha value is -0.320. The second-order valence-corrected chi connectivity index (χ2v) is 4.47.